The van der Waals surface area contributed by atoms with Gasteiger partial charge in [0, 0.05) is 17.7 Å². The van der Waals surface area contributed by atoms with Crippen molar-refractivity contribution in [3.05, 3.63) is 65.0 Å². The van der Waals surface area contributed by atoms with E-state index in [1.54, 1.807) is 30.5 Å². The van der Waals surface area contributed by atoms with Crippen molar-refractivity contribution in [1.29, 1.82) is 0 Å². The van der Waals surface area contributed by atoms with Crippen molar-refractivity contribution in [2.45, 2.75) is 24.8 Å². The van der Waals surface area contributed by atoms with E-state index in [2.05, 4.69) is 15.3 Å². The van der Waals surface area contributed by atoms with Crippen molar-refractivity contribution >= 4 is 49.4 Å². The molecule has 35 heavy (non-hydrogen) atoms. The van der Waals surface area contributed by atoms with Crippen LogP contribution in [0, 0.1) is 5.82 Å². The lowest BCUT2D eigenvalue weighted by molar-refractivity contribution is 0.586. The second kappa shape index (κ2) is 7.94. The van der Waals surface area contributed by atoms with Crippen molar-refractivity contribution in [3.8, 4) is 5.69 Å². The molecule has 2 aromatic carbocycles. The molecule has 3 N–H and O–H groups in total. The molecule has 12 heteroatoms. The molecule has 10 nitrogen and oxygen atoms in total. The lowest BCUT2D eigenvalue weighted by Gasteiger charge is -2.10. The Hall–Kier alpha value is -4.19. The van der Waals surface area contributed by atoms with Gasteiger partial charge in [0.1, 0.15) is 16.9 Å². The number of sulfone groups is 1. The fourth-order valence-corrected chi connectivity index (χ4v) is 4.57. The molecule has 0 fully saturated rings. The van der Waals surface area contributed by atoms with Gasteiger partial charge in [0.05, 0.1) is 22.5 Å². The zero-order chi connectivity index (χ0) is 25.1. The summed E-state index contributed by atoms with van der Waals surface area (Å²) in [6.45, 7) is 3.67. The first-order valence-corrected chi connectivity index (χ1v) is 12.5. The summed E-state index contributed by atoms with van der Waals surface area (Å²) in [6, 6.07) is 10.3. The van der Waals surface area contributed by atoms with Gasteiger partial charge < -0.3 is 15.5 Å². The van der Waals surface area contributed by atoms with E-state index in [1.807, 2.05) is 13.8 Å². The van der Waals surface area contributed by atoms with Gasteiger partial charge in [-0.05, 0) is 56.3 Å². The number of benzene rings is 2. The number of halogens is 1. The number of nitrogens with two attached hydrogens (primary N) is 1. The Morgan fingerprint density at radius 1 is 1.11 bits per heavy atom. The molecule has 3 heterocycles. The molecule has 0 aliphatic rings. The van der Waals surface area contributed by atoms with E-state index in [0.717, 1.165) is 17.7 Å². The topological polar surface area (TPSA) is 138 Å². The summed E-state index contributed by atoms with van der Waals surface area (Å²) in [5.41, 5.74) is 7.70. The van der Waals surface area contributed by atoms with E-state index in [-0.39, 0.29) is 39.7 Å². The Bertz CT molecular complexity index is 1790. The predicted molar refractivity (Wildman–Crippen MR) is 130 cm³/mol. The van der Waals surface area contributed by atoms with E-state index in [1.165, 1.54) is 21.3 Å². The van der Waals surface area contributed by atoms with Crippen LogP contribution in [-0.4, -0.2) is 33.8 Å². The SMILES string of the molecule is CC(C)n1c(=O)n(-c2ccc3occc3c2)c2c(N)nc(Nc3ccc(S(C)(=O)=O)cc3F)nc21. The van der Waals surface area contributed by atoms with Crippen LogP contribution in [0.15, 0.2) is 62.8 Å². The first-order valence-electron chi connectivity index (χ1n) is 10.6. The number of imidazole rings is 1. The molecule has 0 amide bonds. The molecule has 0 spiro atoms. The Kier molecular flexibility index (Phi) is 5.13. The molecule has 0 saturated carbocycles. The third kappa shape index (κ3) is 3.81. The number of hydrogen-bond acceptors (Lipinski definition) is 8. The van der Waals surface area contributed by atoms with Crippen molar-refractivity contribution in [2.24, 2.45) is 0 Å². The molecule has 0 atom stereocenters. The Morgan fingerprint density at radius 2 is 1.89 bits per heavy atom. The van der Waals surface area contributed by atoms with Gasteiger partial charge in [0.25, 0.3) is 0 Å². The number of nitrogen functional groups attached to an aromatic ring is 1. The monoisotopic (exact) mass is 496 g/mol. The maximum atomic E-state index is 14.6. The number of fused-ring (bicyclic) bond motifs is 2. The zero-order valence-corrected chi connectivity index (χ0v) is 19.8. The van der Waals surface area contributed by atoms with Gasteiger partial charge in [0.15, 0.2) is 21.3 Å². The first-order chi connectivity index (χ1) is 16.5. The molecule has 3 aromatic heterocycles. The van der Waals surface area contributed by atoms with Crippen LogP contribution in [0.25, 0.3) is 27.8 Å². The van der Waals surface area contributed by atoms with Gasteiger partial charge in [-0.1, -0.05) is 0 Å². The van der Waals surface area contributed by atoms with E-state index in [0.29, 0.717) is 16.8 Å². The van der Waals surface area contributed by atoms with Crippen molar-refractivity contribution < 1.29 is 17.2 Å². The van der Waals surface area contributed by atoms with Crippen LogP contribution >= 0.6 is 0 Å². The molecule has 0 unspecified atom stereocenters. The molecule has 5 aromatic rings. The molecule has 0 saturated heterocycles. The summed E-state index contributed by atoms with van der Waals surface area (Å²) in [6.07, 6.45) is 2.55. The van der Waals surface area contributed by atoms with Gasteiger partial charge in [-0.2, -0.15) is 9.97 Å². The van der Waals surface area contributed by atoms with Gasteiger partial charge in [0.2, 0.25) is 5.95 Å². The third-order valence-corrected chi connectivity index (χ3v) is 6.68. The summed E-state index contributed by atoms with van der Waals surface area (Å²) >= 11 is 0. The third-order valence-electron chi connectivity index (χ3n) is 5.57. The summed E-state index contributed by atoms with van der Waals surface area (Å²) in [5.74, 6) is -0.838. The number of hydrogen-bond donors (Lipinski definition) is 2. The summed E-state index contributed by atoms with van der Waals surface area (Å²) in [7, 11) is -3.57. The Balaban J connectivity index is 1.67. The number of nitrogens with zero attached hydrogens (tertiary/aromatic N) is 4. The van der Waals surface area contributed by atoms with Gasteiger partial charge in [-0.25, -0.2) is 17.6 Å². The van der Waals surface area contributed by atoms with Gasteiger partial charge in [-0.3, -0.25) is 9.13 Å². The van der Waals surface area contributed by atoms with Crippen LogP contribution in [-0.2, 0) is 9.84 Å². The first kappa shape index (κ1) is 22.6. The molecule has 0 radical (unpaired) electrons. The van der Waals surface area contributed by atoms with Gasteiger partial charge in [-0.15, -0.1) is 0 Å². The zero-order valence-electron chi connectivity index (χ0n) is 19.0. The lowest BCUT2D eigenvalue weighted by atomic mass is 10.2. The highest BCUT2D eigenvalue weighted by atomic mass is 32.2. The Labute approximate surface area is 198 Å². The highest BCUT2D eigenvalue weighted by molar-refractivity contribution is 7.90. The van der Waals surface area contributed by atoms with Crippen LogP contribution < -0.4 is 16.7 Å². The average molecular weight is 497 g/mol. The highest BCUT2D eigenvalue weighted by Gasteiger charge is 2.23. The maximum Gasteiger partial charge on any atom is 0.335 e. The minimum absolute atomic E-state index is 0.00875. The fourth-order valence-electron chi connectivity index (χ4n) is 3.94. The van der Waals surface area contributed by atoms with Gasteiger partial charge >= 0.3 is 5.69 Å². The molecular weight excluding hydrogens is 475 g/mol. The normalized spacial score (nSPS) is 12.1. The molecule has 0 aliphatic heterocycles. The molecule has 0 bridgehead atoms. The van der Waals surface area contributed by atoms with Crippen molar-refractivity contribution in [3.63, 3.8) is 0 Å². The highest BCUT2D eigenvalue weighted by Crippen LogP contribution is 2.28. The van der Waals surface area contributed by atoms with E-state index in [9.17, 15) is 17.6 Å². The quantitative estimate of drug-likeness (QED) is 0.375. The van der Waals surface area contributed by atoms with Crippen LogP contribution in [0.2, 0.25) is 0 Å². The second-order valence-electron chi connectivity index (χ2n) is 8.37. The Morgan fingerprint density at radius 3 is 2.57 bits per heavy atom. The standard InChI is InChI=1S/C23H21FN6O4S/c1-12(2)29-21-19(30(23(29)31)14-4-7-18-13(10-14)8-9-34-18)20(25)27-22(28-21)26-17-6-5-15(11-16(17)24)35(3,32)33/h4-12H,1-3H3,(H3,25,26,27,28). The molecule has 0 aliphatic carbocycles. The molecule has 180 valence electrons. The number of rotatable bonds is 5. The molecule has 5 rings (SSSR count). The number of furan rings is 1. The number of anilines is 3. The van der Waals surface area contributed by atoms with Crippen LogP contribution in [0.4, 0.5) is 21.8 Å². The largest absolute Gasteiger partial charge is 0.464 e. The van der Waals surface area contributed by atoms with Crippen molar-refractivity contribution in [2.75, 3.05) is 17.3 Å². The number of nitrogens with one attached hydrogen (secondary N) is 1. The minimum Gasteiger partial charge on any atom is -0.464 e. The predicted octanol–water partition coefficient (Wildman–Crippen LogP) is 3.78. The minimum atomic E-state index is -3.57. The summed E-state index contributed by atoms with van der Waals surface area (Å²) < 4.78 is 46.3. The van der Waals surface area contributed by atoms with E-state index < -0.39 is 15.7 Å². The maximum absolute atomic E-state index is 14.6. The van der Waals surface area contributed by atoms with Crippen molar-refractivity contribution in [1.82, 2.24) is 19.1 Å². The second-order valence-corrected chi connectivity index (χ2v) is 10.4. The van der Waals surface area contributed by atoms with E-state index in [4.69, 9.17) is 10.2 Å². The summed E-state index contributed by atoms with van der Waals surface area (Å²) in [4.78, 5) is 22.0. The molecular formula is C23H21FN6O4S. The smallest absolute Gasteiger partial charge is 0.335 e. The summed E-state index contributed by atoms with van der Waals surface area (Å²) in [5, 5.41) is 3.54. The lowest BCUT2D eigenvalue weighted by Crippen LogP contribution is -2.24. The van der Waals surface area contributed by atoms with Crippen LogP contribution in [0.1, 0.15) is 19.9 Å². The fraction of sp³-hybridized carbons (Fsp3) is 0.174. The van der Waals surface area contributed by atoms with E-state index >= 15 is 0 Å². The average Bonchev–Trinajstić information content (AvgIpc) is 3.35. The van der Waals surface area contributed by atoms with Crippen LogP contribution in [0.3, 0.4) is 0 Å². The number of aromatic nitrogens is 4. The van der Waals surface area contributed by atoms with Crippen LogP contribution in [0.5, 0.6) is 0 Å².